The number of amides is 1. The van der Waals surface area contributed by atoms with Crippen molar-refractivity contribution in [3.63, 3.8) is 0 Å². The molecule has 21 heavy (non-hydrogen) atoms. The summed E-state index contributed by atoms with van der Waals surface area (Å²) < 4.78 is 24.0. The van der Waals surface area contributed by atoms with E-state index in [0.717, 1.165) is 11.0 Å². The average molecular weight is 299 g/mol. The van der Waals surface area contributed by atoms with Crippen molar-refractivity contribution in [2.45, 2.75) is 6.92 Å². The summed E-state index contributed by atoms with van der Waals surface area (Å²) in [6, 6.07) is 2.45. The van der Waals surface area contributed by atoms with Crippen LogP contribution >= 0.6 is 0 Å². The molecule has 1 rings (SSSR count). The van der Waals surface area contributed by atoms with Crippen molar-refractivity contribution in [2.24, 2.45) is 5.92 Å². The molecule has 7 heteroatoms. The van der Waals surface area contributed by atoms with Crippen molar-refractivity contribution in [3.8, 4) is 11.5 Å². The van der Waals surface area contributed by atoms with Gasteiger partial charge in [-0.2, -0.15) is 0 Å². The minimum Gasteiger partial charge on any atom is -0.493 e. The fraction of sp³-hybridized carbons (Fsp3) is 0.429. The van der Waals surface area contributed by atoms with Gasteiger partial charge in [0.05, 0.1) is 20.1 Å². The molecule has 1 aromatic rings. The number of hydrogen-bond donors (Lipinski definition) is 1. The number of methoxy groups -OCH3 is 2. The second kappa shape index (κ2) is 6.92. The maximum absolute atomic E-state index is 14.0. The first-order valence-corrected chi connectivity index (χ1v) is 6.22. The second-order valence-corrected chi connectivity index (χ2v) is 4.58. The van der Waals surface area contributed by atoms with Crippen LogP contribution in [0.1, 0.15) is 17.3 Å². The Morgan fingerprint density at radius 2 is 1.95 bits per heavy atom. The lowest BCUT2D eigenvalue weighted by molar-refractivity contribution is -0.141. The summed E-state index contributed by atoms with van der Waals surface area (Å²) in [6.07, 6.45) is 0. The highest BCUT2D eigenvalue weighted by Crippen LogP contribution is 2.33. The van der Waals surface area contributed by atoms with Crippen LogP contribution < -0.4 is 9.47 Å². The summed E-state index contributed by atoms with van der Waals surface area (Å²) >= 11 is 0. The number of carbonyl (C=O) groups excluding carboxylic acids is 1. The topological polar surface area (TPSA) is 76.1 Å². The van der Waals surface area contributed by atoms with E-state index >= 15 is 0 Å². The number of benzene rings is 1. The molecule has 1 aromatic carbocycles. The van der Waals surface area contributed by atoms with Gasteiger partial charge >= 0.3 is 5.97 Å². The third kappa shape index (κ3) is 3.62. The summed E-state index contributed by atoms with van der Waals surface area (Å²) in [4.78, 5) is 24.3. The van der Waals surface area contributed by atoms with Gasteiger partial charge in [-0.1, -0.05) is 6.92 Å². The van der Waals surface area contributed by atoms with Crippen LogP contribution in [0.4, 0.5) is 4.39 Å². The molecule has 0 aromatic heterocycles. The Labute approximate surface area is 122 Å². The van der Waals surface area contributed by atoms with Crippen LogP contribution in [-0.2, 0) is 4.79 Å². The molecule has 1 atom stereocenters. The van der Waals surface area contributed by atoms with Crippen molar-refractivity contribution < 1.29 is 28.6 Å². The third-order valence-corrected chi connectivity index (χ3v) is 3.02. The highest BCUT2D eigenvalue weighted by molar-refractivity contribution is 5.98. The highest BCUT2D eigenvalue weighted by atomic mass is 19.1. The maximum atomic E-state index is 14.0. The number of carboxylic acids is 1. The summed E-state index contributed by atoms with van der Waals surface area (Å²) in [7, 11) is 4.08. The van der Waals surface area contributed by atoms with Gasteiger partial charge in [-0.25, -0.2) is 4.39 Å². The zero-order valence-electron chi connectivity index (χ0n) is 12.3. The van der Waals surface area contributed by atoms with E-state index in [1.54, 1.807) is 0 Å². The molecule has 0 saturated heterocycles. The smallest absolute Gasteiger partial charge is 0.308 e. The van der Waals surface area contributed by atoms with Crippen molar-refractivity contribution in [2.75, 3.05) is 27.8 Å². The molecule has 0 bridgehead atoms. The van der Waals surface area contributed by atoms with E-state index in [-0.39, 0.29) is 23.6 Å². The van der Waals surface area contributed by atoms with Crippen LogP contribution in [0.15, 0.2) is 12.1 Å². The summed E-state index contributed by atoms with van der Waals surface area (Å²) in [5, 5.41) is 8.86. The minimum absolute atomic E-state index is 0.0164. The quantitative estimate of drug-likeness (QED) is 0.864. The van der Waals surface area contributed by atoms with Crippen LogP contribution in [0, 0.1) is 11.7 Å². The zero-order valence-corrected chi connectivity index (χ0v) is 12.3. The molecular weight excluding hydrogens is 281 g/mol. The average Bonchev–Trinajstić information content (AvgIpc) is 2.45. The molecule has 0 spiro atoms. The number of aliphatic carboxylic acids is 1. The maximum Gasteiger partial charge on any atom is 0.308 e. The van der Waals surface area contributed by atoms with E-state index in [2.05, 4.69) is 0 Å². The normalized spacial score (nSPS) is 11.7. The van der Waals surface area contributed by atoms with Crippen LogP contribution in [0.2, 0.25) is 0 Å². The largest absolute Gasteiger partial charge is 0.493 e. The number of rotatable bonds is 6. The van der Waals surface area contributed by atoms with Gasteiger partial charge in [0.25, 0.3) is 5.91 Å². The highest BCUT2D eigenvalue weighted by Gasteiger charge is 2.26. The van der Waals surface area contributed by atoms with Gasteiger partial charge < -0.3 is 19.5 Å². The molecular formula is C14H18FNO5. The van der Waals surface area contributed by atoms with E-state index in [1.807, 2.05) is 0 Å². The molecule has 0 aliphatic heterocycles. The molecule has 0 saturated carbocycles. The molecule has 1 unspecified atom stereocenters. The van der Waals surface area contributed by atoms with E-state index in [9.17, 15) is 14.0 Å². The van der Waals surface area contributed by atoms with Crippen molar-refractivity contribution in [1.29, 1.82) is 0 Å². The third-order valence-electron chi connectivity index (χ3n) is 3.02. The Kier molecular flexibility index (Phi) is 5.52. The molecule has 0 aliphatic rings. The number of hydrogen-bond acceptors (Lipinski definition) is 4. The number of nitrogens with zero attached hydrogens (tertiary/aromatic N) is 1. The molecule has 0 radical (unpaired) electrons. The Hall–Kier alpha value is -2.31. The Balaban J connectivity index is 3.14. The molecule has 116 valence electrons. The monoisotopic (exact) mass is 299 g/mol. The molecule has 1 N–H and O–H groups in total. The van der Waals surface area contributed by atoms with Gasteiger partial charge in [0.15, 0.2) is 11.5 Å². The number of carboxylic acid groups (broad SMARTS) is 1. The lowest BCUT2D eigenvalue weighted by Crippen LogP contribution is -2.34. The van der Waals surface area contributed by atoms with E-state index in [1.165, 1.54) is 34.3 Å². The van der Waals surface area contributed by atoms with Crippen molar-refractivity contribution in [1.82, 2.24) is 4.90 Å². The Morgan fingerprint density at radius 3 is 2.43 bits per heavy atom. The van der Waals surface area contributed by atoms with E-state index in [0.29, 0.717) is 0 Å². The standard InChI is InChI=1S/C14H18FNO5/c1-8(14(18)19)7-16(2)13(17)11-9(15)5-6-10(20-3)12(11)21-4/h5-6,8H,7H2,1-4H3,(H,18,19). The zero-order chi connectivity index (χ0) is 16.2. The van der Waals surface area contributed by atoms with E-state index in [4.69, 9.17) is 14.6 Å². The van der Waals surface area contributed by atoms with Crippen LogP contribution in [0.5, 0.6) is 11.5 Å². The molecule has 6 nitrogen and oxygen atoms in total. The second-order valence-electron chi connectivity index (χ2n) is 4.58. The van der Waals surface area contributed by atoms with Gasteiger partial charge in [0.1, 0.15) is 11.4 Å². The van der Waals surface area contributed by atoms with Gasteiger partial charge in [0.2, 0.25) is 0 Å². The predicted octanol–water partition coefficient (Wildman–Crippen LogP) is 1.64. The van der Waals surface area contributed by atoms with Crippen LogP contribution in [0.3, 0.4) is 0 Å². The first-order valence-electron chi connectivity index (χ1n) is 6.22. The lowest BCUT2D eigenvalue weighted by Gasteiger charge is -2.21. The Bertz CT molecular complexity index is 546. The first kappa shape index (κ1) is 16.7. The molecule has 0 fully saturated rings. The van der Waals surface area contributed by atoms with Gasteiger partial charge in [-0.05, 0) is 12.1 Å². The summed E-state index contributed by atoms with van der Waals surface area (Å²) in [5.74, 6) is -3.02. The summed E-state index contributed by atoms with van der Waals surface area (Å²) in [6.45, 7) is 1.42. The summed E-state index contributed by atoms with van der Waals surface area (Å²) in [5.41, 5.74) is -0.281. The molecule has 0 aliphatic carbocycles. The number of ether oxygens (including phenoxy) is 2. The predicted molar refractivity (Wildman–Crippen MR) is 73.3 cm³/mol. The van der Waals surface area contributed by atoms with Crippen LogP contribution in [0.25, 0.3) is 0 Å². The van der Waals surface area contributed by atoms with Gasteiger partial charge in [0, 0.05) is 13.6 Å². The lowest BCUT2D eigenvalue weighted by atomic mass is 10.1. The first-order chi connectivity index (χ1) is 9.83. The van der Waals surface area contributed by atoms with Crippen molar-refractivity contribution >= 4 is 11.9 Å². The Morgan fingerprint density at radius 1 is 1.33 bits per heavy atom. The fourth-order valence-electron chi connectivity index (χ4n) is 1.86. The van der Waals surface area contributed by atoms with Gasteiger partial charge in [-0.15, -0.1) is 0 Å². The van der Waals surface area contributed by atoms with Gasteiger partial charge in [-0.3, -0.25) is 9.59 Å². The molecule has 0 heterocycles. The minimum atomic E-state index is -1.03. The number of halogens is 1. The SMILES string of the molecule is COc1ccc(F)c(C(=O)N(C)CC(C)C(=O)O)c1OC. The van der Waals surface area contributed by atoms with Crippen molar-refractivity contribution in [3.05, 3.63) is 23.5 Å². The molecule has 1 amide bonds. The van der Waals surface area contributed by atoms with E-state index < -0.39 is 23.6 Å². The fourth-order valence-corrected chi connectivity index (χ4v) is 1.86. The van der Waals surface area contributed by atoms with Crippen LogP contribution in [-0.4, -0.2) is 49.7 Å². The number of carbonyl (C=O) groups is 2.